The number of aromatic amines is 2. The molecule has 0 radical (unpaired) electrons. The Kier molecular flexibility index (Phi) is 6.35. The van der Waals surface area contributed by atoms with Gasteiger partial charge in [-0.3, -0.25) is 9.59 Å². The molecule has 1 aliphatic heterocycles. The molecule has 3 heterocycles. The summed E-state index contributed by atoms with van der Waals surface area (Å²) in [6.45, 7) is 0.0629. The Bertz CT molecular complexity index is 955. The fourth-order valence-electron chi connectivity index (χ4n) is 4.57. The highest BCUT2D eigenvalue weighted by atomic mass is 16.4. The predicted molar refractivity (Wildman–Crippen MR) is 108 cm³/mol. The molecule has 3 atom stereocenters. The maximum atomic E-state index is 13.1. The molecule has 2 aromatic rings. The van der Waals surface area contributed by atoms with Crippen LogP contribution in [0.5, 0.6) is 0 Å². The minimum atomic E-state index is -1.12. The summed E-state index contributed by atoms with van der Waals surface area (Å²) in [4.78, 5) is 41.5. The van der Waals surface area contributed by atoms with Gasteiger partial charge in [0.25, 0.3) is 5.91 Å². The molecule has 32 heavy (non-hydrogen) atoms. The van der Waals surface area contributed by atoms with E-state index in [2.05, 4.69) is 36.2 Å². The molecule has 13 nitrogen and oxygen atoms in total. The van der Waals surface area contributed by atoms with Crippen molar-refractivity contribution < 1.29 is 24.6 Å². The first kappa shape index (κ1) is 21.7. The van der Waals surface area contributed by atoms with E-state index in [0.29, 0.717) is 11.5 Å². The van der Waals surface area contributed by atoms with Gasteiger partial charge in [0, 0.05) is 18.7 Å². The van der Waals surface area contributed by atoms with Crippen molar-refractivity contribution in [1.29, 1.82) is 0 Å². The zero-order valence-electron chi connectivity index (χ0n) is 17.3. The average Bonchev–Trinajstić information content (AvgIpc) is 3.56. The van der Waals surface area contributed by atoms with Crippen LogP contribution in [0, 0.1) is 5.92 Å². The van der Waals surface area contributed by atoms with E-state index < -0.39 is 36.1 Å². The molecular weight excluding hydrogens is 420 g/mol. The summed E-state index contributed by atoms with van der Waals surface area (Å²) < 4.78 is 0. The molecule has 0 unspecified atom stereocenters. The molecule has 2 aliphatic rings. The smallest absolute Gasteiger partial charge is 0.405 e. The number of nitrogens with zero attached hydrogens (tertiary/aromatic N) is 4. The Morgan fingerprint density at radius 2 is 2.03 bits per heavy atom. The van der Waals surface area contributed by atoms with Crippen LogP contribution in [0.15, 0.2) is 12.1 Å². The molecule has 2 fully saturated rings. The quantitative estimate of drug-likeness (QED) is 0.340. The third kappa shape index (κ3) is 4.72. The highest BCUT2D eigenvalue weighted by Crippen LogP contribution is 2.35. The van der Waals surface area contributed by atoms with Gasteiger partial charge < -0.3 is 30.7 Å². The van der Waals surface area contributed by atoms with Gasteiger partial charge >= 0.3 is 6.09 Å². The lowest BCUT2D eigenvalue weighted by molar-refractivity contribution is -0.125. The first-order valence-corrected chi connectivity index (χ1v) is 10.6. The van der Waals surface area contributed by atoms with Crippen LogP contribution in [-0.2, 0) is 11.3 Å². The highest BCUT2D eigenvalue weighted by molar-refractivity contribution is 5.96. The van der Waals surface area contributed by atoms with Crippen LogP contribution < -0.4 is 10.6 Å². The summed E-state index contributed by atoms with van der Waals surface area (Å²) in [7, 11) is 0. The predicted octanol–water partition coefficient (Wildman–Crippen LogP) is -0.0815. The number of amides is 3. The standard InChI is InChI=1S/C19H26N8O5/c28-11-7-14(17(29)20-8-15-23-25-26-24-15)27(9-11)18(30)13-6-5-12(21-13)16(22-19(31)32)10-3-1-2-4-10/h5-6,10-11,14,16,21-22,28H,1-4,7-9H2,(H,20,29)(H,31,32)(H,23,24,25,26)/t11-,14+,16+/m1/s1. The number of likely N-dealkylation sites (tertiary alicyclic amines) is 1. The van der Waals surface area contributed by atoms with Crippen LogP contribution in [0.1, 0.15) is 60.2 Å². The lowest BCUT2D eigenvalue weighted by Gasteiger charge is -2.24. The van der Waals surface area contributed by atoms with Crippen molar-refractivity contribution in [3.8, 4) is 0 Å². The van der Waals surface area contributed by atoms with Gasteiger partial charge in [-0.2, -0.15) is 5.21 Å². The highest BCUT2D eigenvalue weighted by Gasteiger charge is 2.40. The monoisotopic (exact) mass is 446 g/mol. The first-order valence-electron chi connectivity index (χ1n) is 10.6. The lowest BCUT2D eigenvalue weighted by Crippen LogP contribution is -2.46. The van der Waals surface area contributed by atoms with Crippen molar-refractivity contribution >= 4 is 17.9 Å². The number of tetrazole rings is 1. The second-order valence-corrected chi connectivity index (χ2v) is 8.21. The van der Waals surface area contributed by atoms with Crippen LogP contribution in [0.2, 0.25) is 0 Å². The molecule has 0 aromatic carbocycles. The molecule has 13 heteroatoms. The summed E-state index contributed by atoms with van der Waals surface area (Å²) >= 11 is 0. The van der Waals surface area contributed by atoms with Crippen molar-refractivity contribution in [3.63, 3.8) is 0 Å². The Morgan fingerprint density at radius 1 is 1.25 bits per heavy atom. The number of hydrogen-bond acceptors (Lipinski definition) is 7. The number of carbonyl (C=O) groups excluding carboxylic acids is 2. The van der Waals surface area contributed by atoms with E-state index >= 15 is 0 Å². The second-order valence-electron chi connectivity index (χ2n) is 8.21. The van der Waals surface area contributed by atoms with Gasteiger partial charge in [-0.15, -0.1) is 10.2 Å². The van der Waals surface area contributed by atoms with E-state index in [9.17, 15) is 24.6 Å². The number of hydrogen-bond donors (Lipinski definition) is 6. The molecule has 0 spiro atoms. The number of nitrogens with one attached hydrogen (secondary N) is 4. The number of carboxylic acid groups (broad SMARTS) is 1. The Balaban J connectivity index is 1.46. The van der Waals surface area contributed by atoms with Crippen LogP contribution in [0.25, 0.3) is 0 Å². The summed E-state index contributed by atoms with van der Waals surface area (Å²) in [6.07, 6.45) is 2.08. The molecule has 1 saturated carbocycles. The van der Waals surface area contributed by atoms with Crippen molar-refractivity contribution in [3.05, 3.63) is 29.3 Å². The SMILES string of the molecule is O=C(O)N[C@H](c1ccc(C(=O)N2C[C@H](O)C[C@H]2C(=O)NCc2nn[nH]n2)[nH]1)C1CCCC1. The van der Waals surface area contributed by atoms with Crippen LogP contribution in [-0.4, -0.2) is 77.3 Å². The summed E-state index contributed by atoms with van der Waals surface area (Å²) in [5, 5.41) is 37.8. The number of carbonyl (C=O) groups is 3. The van der Waals surface area contributed by atoms with E-state index in [0.717, 1.165) is 25.7 Å². The second kappa shape index (κ2) is 9.34. The van der Waals surface area contributed by atoms with Gasteiger partial charge in [0.1, 0.15) is 11.7 Å². The Morgan fingerprint density at radius 3 is 2.72 bits per heavy atom. The maximum Gasteiger partial charge on any atom is 0.405 e. The van der Waals surface area contributed by atoms with Gasteiger partial charge in [0.05, 0.1) is 18.7 Å². The zero-order chi connectivity index (χ0) is 22.7. The van der Waals surface area contributed by atoms with Crippen LogP contribution in [0.3, 0.4) is 0 Å². The van der Waals surface area contributed by atoms with Crippen molar-refractivity contribution in [2.75, 3.05) is 6.54 Å². The largest absolute Gasteiger partial charge is 0.465 e. The van der Waals surface area contributed by atoms with Crippen molar-refractivity contribution in [1.82, 2.24) is 41.1 Å². The number of H-pyrrole nitrogens is 2. The normalized spacial score (nSPS) is 22.1. The molecule has 4 rings (SSSR count). The summed E-state index contributed by atoms with van der Waals surface area (Å²) in [5.74, 6) is -0.409. The van der Waals surface area contributed by atoms with E-state index in [1.165, 1.54) is 4.90 Å². The fourth-order valence-corrected chi connectivity index (χ4v) is 4.57. The number of aliphatic hydroxyl groups excluding tert-OH is 1. The zero-order valence-corrected chi connectivity index (χ0v) is 17.3. The average molecular weight is 446 g/mol. The first-order chi connectivity index (χ1) is 15.4. The molecule has 0 bridgehead atoms. The Hall–Kier alpha value is -3.48. The van der Waals surface area contributed by atoms with Gasteiger partial charge in [-0.25, -0.2) is 4.79 Å². The molecule has 2 aromatic heterocycles. The maximum absolute atomic E-state index is 13.1. The third-order valence-electron chi connectivity index (χ3n) is 6.08. The van der Waals surface area contributed by atoms with Gasteiger partial charge in [0.15, 0.2) is 5.82 Å². The van der Waals surface area contributed by atoms with E-state index in [1.54, 1.807) is 12.1 Å². The number of aliphatic hydroxyl groups is 1. The number of rotatable bonds is 7. The number of β-amino-alcohol motifs (C(OH)–C–C–N with tert-alkyl or cyclic N) is 1. The van der Waals surface area contributed by atoms with Gasteiger partial charge in [-0.1, -0.05) is 18.1 Å². The summed E-state index contributed by atoms with van der Waals surface area (Å²) in [6, 6.07) is 2.00. The molecule has 6 N–H and O–H groups in total. The molecule has 1 saturated heterocycles. The summed E-state index contributed by atoms with van der Waals surface area (Å²) in [5.41, 5.74) is 0.848. The molecular formula is C19H26N8O5. The molecule has 172 valence electrons. The van der Waals surface area contributed by atoms with Crippen LogP contribution in [0.4, 0.5) is 4.79 Å². The van der Waals surface area contributed by atoms with Crippen molar-refractivity contribution in [2.24, 2.45) is 5.92 Å². The third-order valence-corrected chi connectivity index (χ3v) is 6.08. The fraction of sp³-hybridized carbons (Fsp3) is 0.579. The topological polar surface area (TPSA) is 189 Å². The van der Waals surface area contributed by atoms with Gasteiger partial charge in [-0.05, 0) is 30.9 Å². The lowest BCUT2D eigenvalue weighted by atomic mass is 9.95. The Labute approximate surface area is 183 Å². The van der Waals surface area contributed by atoms with Gasteiger partial charge in [0.2, 0.25) is 5.91 Å². The molecule has 1 aliphatic carbocycles. The van der Waals surface area contributed by atoms with E-state index in [4.69, 9.17) is 0 Å². The van der Waals surface area contributed by atoms with E-state index in [1.807, 2.05) is 0 Å². The van der Waals surface area contributed by atoms with E-state index in [-0.39, 0.29) is 31.1 Å². The van der Waals surface area contributed by atoms with Crippen LogP contribution >= 0.6 is 0 Å². The number of aromatic nitrogens is 5. The van der Waals surface area contributed by atoms with Crippen molar-refractivity contribution in [2.45, 2.75) is 56.8 Å². The molecule has 3 amide bonds. The minimum Gasteiger partial charge on any atom is -0.465 e. The minimum absolute atomic E-state index is 0.0207.